The third-order valence-corrected chi connectivity index (χ3v) is 2.64. The van der Waals surface area contributed by atoms with Crippen molar-refractivity contribution >= 4 is 11.6 Å². The van der Waals surface area contributed by atoms with Gasteiger partial charge in [-0.15, -0.1) is 0 Å². The first-order chi connectivity index (χ1) is 9.13. The van der Waals surface area contributed by atoms with Crippen LogP contribution < -0.4 is 15.8 Å². The predicted molar refractivity (Wildman–Crippen MR) is 65.0 cm³/mol. The number of benzene rings is 1. The Hall–Kier alpha value is -2.27. The third kappa shape index (κ3) is 3.00. The number of alkyl halides is 3. The van der Waals surface area contributed by atoms with Gasteiger partial charge in [0, 0.05) is 6.07 Å². The highest BCUT2D eigenvalue weighted by atomic mass is 19.4. The Morgan fingerprint density at radius 3 is 2.50 bits per heavy atom. The number of methoxy groups -OCH3 is 1. The summed E-state index contributed by atoms with van der Waals surface area (Å²) in [6.07, 6.45) is -4.89. The van der Waals surface area contributed by atoms with Crippen LogP contribution in [0.25, 0.3) is 0 Å². The van der Waals surface area contributed by atoms with E-state index in [4.69, 9.17) is 15.7 Å². The number of ether oxygens (including phenoxy) is 1. The molecule has 20 heavy (non-hydrogen) atoms. The second-order valence-electron chi connectivity index (χ2n) is 4.18. The molecule has 1 atom stereocenters. The van der Waals surface area contributed by atoms with Crippen molar-refractivity contribution in [3.05, 3.63) is 23.8 Å². The second kappa shape index (κ2) is 5.38. The Labute approximate surface area is 113 Å². The smallest absolute Gasteiger partial charge is 0.415 e. The molecule has 0 aliphatic rings. The number of nitriles is 1. The van der Waals surface area contributed by atoms with Gasteiger partial charge >= 0.3 is 6.18 Å². The molecular formula is C12H12F3N3O2. The number of hydrogen-bond acceptors (Lipinski definition) is 4. The molecule has 0 saturated heterocycles. The zero-order valence-corrected chi connectivity index (χ0v) is 10.7. The van der Waals surface area contributed by atoms with Crippen LogP contribution in [-0.4, -0.2) is 24.7 Å². The molecule has 0 bridgehead atoms. The largest absolute Gasteiger partial charge is 0.495 e. The molecule has 108 valence electrons. The number of nitrogens with two attached hydrogens (primary N) is 1. The van der Waals surface area contributed by atoms with Crippen molar-refractivity contribution < 1.29 is 22.7 Å². The number of anilines is 1. The number of nitrogens with one attached hydrogen (secondary N) is 1. The minimum atomic E-state index is -4.89. The molecule has 5 nitrogen and oxygen atoms in total. The van der Waals surface area contributed by atoms with Crippen LogP contribution in [0, 0.1) is 11.3 Å². The number of carbonyl (C=O) groups excluding carboxylic acids is 1. The summed E-state index contributed by atoms with van der Waals surface area (Å²) in [5.74, 6) is -1.36. The van der Waals surface area contributed by atoms with E-state index in [1.54, 1.807) is 0 Å². The van der Waals surface area contributed by atoms with E-state index in [1.807, 2.05) is 11.4 Å². The van der Waals surface area contributed by atoms with Gasteiger partial charge in [-0.3, -0.25) is 4.79 Å². The lowest BCUT2D eigenvalue weighted by Gasteiger charge is -2.26. The van der Waals surface area contributed by atoms with Gasteiger partial charge in [-0.05, 0) is 19.1 Å². The Kier molecular flexibility index (Phi) is 4.25. The fourth-order valence-corrected chi connectivity index (χ4v) is 1.24. The van der Waals surface area contributed by atoms with E-state index in [0.29, 0.717) is 6.92 Å². The highest BCUT2D eigenvalue weighted by Gasteiger charge is 2.54. The molecule has 1 aromatic carbocycles. The van der Waals surface area contributed by atoms with Crippen molar-refractivity contribution in [3.8, 4) is 11.8 Å². The Morgan fingerprint density at radius 2 is 2.05 bits per heavy atom. The van der Waals surface area contributed by atoms with Gasteiger partial charge in [-0.2, -0.15) is 18.4 Å². The molecule has 0 saturated carbocycles. The summed E-state index contributed by atoms with van der Waals surface area (Å²) in [5, 5.41) is 10.7. The molecule has 8 heteroatoms. The molecule has 0 aromatic heterocycles. The van der Waals surface area contributed by atoms with E-state index in [1.165, 1.54) is 25.3 Å². The van der Waals surface area contributed by atoms with Gasteiger partial charge in [-0.25, -0.2) is 0 Å². The fraction of sp³-hybridized carbons (Fsp3) is 0.333. The molecule has 1 rings (SSSR count). The van der Waals surface area contributed by atoms with Gasteiger partial charge in [0.15, 0.2) is 5.54 Å². The van der Waals surface area contributed by atoms with Gasteiger partial charge in [0.2, 0.25) is 0 Å². The first kappa shape index (κ1) is 15.8. The number of hydrogen-bond donors (Lipinski definition) is 2. The van der Waals surface area contributed by atoms with Gasteiger partial charge in [0.1, 0.15) is 5.75 Å². The number of halogens is 3. The Bertz CT molecular complexity index is 562. The van der Waals surface area contributed by atoms with Crippen molar-refractivity contribution in [2.75, 3.05) is 12.4 Å². The van der Waals surface area contributed by atoms with Gasteiger partial charge in [-0.1, -0.05) is 0 Å². The van der Waals surface area contributed by atoms with E-state index in [0.717, 1.165) is 0 Å². The van der Waals surface area contributed by atoms with Crippen LogP contribution in [0.3, 0.4) is 0 Å². The van der Waals surface area contributed by atoms with E-state index in [2.05, 4.69) is 0 Å². The van der Waals surface area contributed by atoms with Crippen molar-refractivity contribution in [1.82, 2.24) is 0 Å². The molecule has 0 aliphatic heterocycles. The average Bonchev–Trinajstić information content (AvgIpc) is 2.37. The lowest BCUT2D eigenvalue weighted by atomic mass is 10.0. The van der Waals surface area contributed by atoms with E-state index in [-0.39, 0.29) is 17.0 Å². The van der Waals surface area contributed by atoms with Crippen molar-refractivity contribution in [3.63, 3.8) is 0 Å². The monoisotopic (exact) mass is 287 g/mol. The predicted octanol–water partition coefficient (Wildman–Crippen LogP) is 1.79. The molecule has 0 radical (unpaired) electrons. The van der Waals surface area contributed by atoms with Crippen LogP contribution in [0.4, 0.5) is 18.9 Å². The second-order valence-corrected chi connectivity index (χ2v) is 4.18. The zero-order chi connectivity index (χ0) is 15.6. The molecule has 3 N–H and O–H groups in total. The fourth-order valence-electron chi connectivity index (χ4n) is 1.24. The summed E-state index contributed by atoms with van der Waals surface area (Å²) in [7, 11) is 1.26. The van der Waals surface area contributed by atoms with Crippen LogP contribution in [0.5, 0.6) is 5.75 Å². The molecule has 0 heterocycles. The highest BCUT2D eigenvalue weighted by Crippen LogP contribution is 2.31. The van der Waals surface area contributed by atoms with E-state index >= 15 is 0 Å². The lowest BCUT2D eigenvalue weighted by molar-refractivity contribution is -0.184. The standard InChI is InChI=1S/C12H12F3N3O2/c1-11(17,12(13,14)15)10(19)18-8-4-3-7(6-16)5-9(8)20-2/h3-5H,17H2,1-2H3,(H,18,19). The number of nitrogens with zero attached hydrogens (tertiary/aromatic N) is 1. The molecule has 0 fully saturated rings. The summed E-state index contributed by atoms with van der Waals surface area (Å²) in [6.45, 7) is 0.568. The highest BCUT2D eigenvalue weighted by molar-refractivity contribution is 5.99. The topological polar surface area (TPSA) is 88.1 Å². The quantitative estimate of drug-likeness (QED) is 0.887. The summed E-state index contributed by atoms with van der Waals surface area (Å²) in [4.78, 5) is 11.6. The summed E-state index contributed by atoms with van der Waals surface area (Å²) >= 11 is 0. The van der Waals surface area contributed by atoms with Crippen molar-refractivity contribution in [2.45, 2.75) is 18.6 Å². The van der Waals surface area contributed by atoms with Crippen LogP contribution in [-0.2, 0) is 4.79 Å². The maximum atomic E-state index is 12.6. The maximum absolute atomic E-state index is 12.6. The molecule has 1 aromatic rings. The van der Waals surface area contributed by atoms with E-state index in [9.17, 15) is 18.0 Å². The van der Waals surface area contributed by atoms with Crippen LogP contribution >= 0.6 is 0 Å². The zero-order valence-electron chi connectivity index (χ0n) is 10.7. The Balaban J connectivity index is 3.06. The van der Waals surface area contributed by atoms with Gasteiger partial charge in [0.05, 0.1) is 24.4 Å². The normalized spacial score (nSPS) is 14.1. The van der Waals surface area contributed by atoms with Crippen LogP contribution in [0.2, 0.25) is 0 Å². The first-order valence-electron chi connectivity index (χ1n) is 5.38. The van der Waals surface area contributed by atoms with E-state index < -0.39 is 17.6 Å². The van der Waals surface area contributed by atoms with Crippen molar-refractivity contribution in [2.24, 2.45) is 5.73 Å². The van der Waals surface area contributed by atoms with Crippen LogP contribution in [0.15, 0.2) is 18.2 Å². The molecule has 1 unspecified atom stereocenters. The van der Waals surface area contributed by atoms with Crippen molar-refractivity contribution in [1.29, 1.82) is 5.26 Å². The lowest BCUT2D eigenvalue weighted by Crippen LogP contribution is -2.59. The molecular weight excluding hydrogens is 275 g/mol. The number of carbonyl (C=O) groups is 1. The number of rotatable bonds is 3. The molecule has 0 spiro atoms. The number of amides is 1. The SMILES string of the molecule is COc1cc(C#N)ccc1NC(=O)C(C)(N)C(F)(F)F. The maximum Gasteiger partial charge on any atom is 0.415 e. The minimum absolute atomic E-state index is 0.00238. The first-order valence-corrected chi connectivity index (χ1v) is 5.38. The van der Waals surface area contributed by atoms with Gasteiger partial charge in [0.25, 0.3) is 5.91 Å². The Morgan fingerprint density at radius 1 is 1.45 bits per heavy atom. The van der Waals surface area contributed by atoms with Gasteiger partial charge < -0.3 is 15.8 Å². The summed E-state index contributed by atoms with van der Waals surface area (Å²) < 4.78 is 42.8. The van der Waals surface area contributed by atoms with Crippen LogP contribution in [0.1, 0.15) is 12.5 Å². The summed E-state index contributed by atoms with van der Waals surface area (Å²) in [6, 6.07) is 5.73. The summed E-state index contributed by atoms with van der Waals surface area (Å²) in [5.41, 5.74) is 2.21. The minimum Gasteiger partial charge on any atom is -0.495 e. The molecule has 1 amide bonds. The third-order valence-electron chi connectivity index (χ3n) is 2.64. The molecule has 0 aliphatic carbocycles. The average molecular weight is 287 g/mol.